The van der Waals surface area contributed by atoms with Crippen molar-refractivity contribution in [3.05, 3.63) is 28.3 Å². The molecule has 8 nitrogen and oxygen atoms in total. The maximum Gasteiger partial charge on any atom is 0.511 e. The van der Waals surface area contributed by atoms with Crippen molar-refractivity contribution in [3.8, 4) is 11.5 Å². The van der Waals surface area contributed by atoms with Crippen molar-refractivity contribution in [1.82, 2.24) is 9.47 Å². The van der Waals surface area contributed by atoms with E-state index < -0.39 is 17.4 Å². The van der Waals surface area contributed by atoms with Gasteiger partial charge in [-0.2, -0.15) is 0 Å². The van der Waals surface area contributed by atoms with E-state index >= 15 is 4.39 Å². The van der Waals surface area contributed by atoms with E-state index in [0.717, 1.165) is 19.3 Å². The van der Waals surface area contributed by atoms with Crippen LogP contribution in [0.2, 0.25) is 0 Å². The number of methoxy groups -OCH3 is 1. The first-order chi connectivity index (χ1) is 14.7. The van der Waals surface area contributed by atoms with E-state index in [1.54, 1.807) is 4.57 Å². The highest BCUT2D eigenvalue weighted by Crippen LogP contribution is 2.45. The van der Waals surface area contributed by atoms with Crippen LogP contribution in [0, 0.1) is 11.7 Å². The Morgan fingerprint density at radius 3 is 2.61 bits per heavy atom. The molecule has 1 N–H and O–H groups in total. The first kappa shape index (κ1) is 21.4. The molecule has 0 bridgehead atoms. The molecule has 0 radical (unpaired) electrons. The summed E-state index contributed by atoms with van der Waals surface area (Å²) in [5.74, 6) is -0.206. The van der Waals surface area contributed by atoms with Crippen LogP contribution in [0.15, 0.2) is 17.1 Å². The topological polar surface area (TPSA) is 84.2 Å². The van der Waals surface area contributed by atoms with E-state index in [1.165, 1.54) is 19.4 Å². The molecule has 0 unspecified atom stereocenters. The first-order valence-corrected chi connectivity index (χ1v) is 10.5. The van der Waals surface area contributed by atoms with Gasteiger partial charge in [0.05, 0.1) is 24.2 Å². The summed E-state index contributed by atoms with van der Waals surface area (Å²) in [7, 11) is 5.54. The molecular weight excluding hydrogens is 405 g/mol. The van der Waals surface area contributed by atoms with E-state index in [-0.39, 0.29) is 17.2 Å². The van der Waals surface area contributed by atoms with Gasteiger partial charge in [0.1, 0.15) is 5.69 Å². The summed E-state index contributed by atoms with van der Waals surface area (Å²) in [6, 6.07) is 1.62. The highest BCUT2D eigenvalue weighted by molar-refractivity contribution is 5.92. The van der Waals surface area contributed by atoms with Crippen molar-refractivity contribution < 1.29 is 23.8 Å². The van der Waals surface area contributed by atoms with Crippen molar-refractivity contribution in [2.75, 3.05) is 39.2 Å². The second kappa shape index (κ2) is 8.03. The van der Waals surface area contributed by atoms with Gasteiger partial charge in [0.25, 0.3) is 0 Å². The number of fused-ring (bicyclic) bond motifs is 1. The molecule has 1 aliphatic heterocycles. The Hall–Kier alpha value is -2.81. The lowest BCUT2D eigenvalue weighted by atomic mass is 10.00. The van der Waals surface area contributed by atoms with E-state index in [1.807, 2.05) is 19.0 Å². The van der Waals surface area contributed by atoms with E-state index in [0.29, 0.717) is 42.0 Å². The molecule has 9 heteroatoms. The normalized spacial score (nSPS) is 19.8. The molecule has 2 atom stereocenters. The van der Waals surface area contributed by atoms with E-state index in [9.17, 15) is 9.59 Å². The SMILES string of the molecule is COc1c(N2CC[C@H]([C@@H](C)N(C)C)C2)c(F)cc2c(=O)c(OC(=O)O)cn(C3CC3)c12. The number of hydrogen-bond acceptors (Lipinski definition) is 6. The number of nitrogens with zero attached hydrogens (tertiary/aromatic N) is 3. The van der Waals surface area contributed by atoms with Crippen LogP contribution in [0.25, 0.3) is 10.9 Å². The van der Waals surface area contributed by atoms with Gasteiger partial charge in [-0.3, -0.25) is 4.79 Å². The lowest BCUT2D eigenvalue weighted by Crippen LogP contribution is -2.34. The van der Waals surface area contributed by atoms with Gasteiger partial charge in [-0.15, -0.1) is 0 Å². The number of benzene rings is 1. The third-order valence-corrected chi connectivity index (χ3v) is 6.54. The predicted octanol–water partition coefficient (Wildman–Crippen LogP) is 3.32. The van der Waals surface area contributed by atoms with Crippen LogP contribution in [0.4, 0.5) is 14.9 Å². The van der Waals surface area contributed by atoms with Gasteiger partial charge in [0.15, 0.2) is 17.3 Å². The summed E-state index contributed by atoms with van der Waals surface area (Å²) in [5.41, 5.74) is 0.163. The Morgan fingerprint density at radius 2 is 2.03 bits per heavy atom. The molecular formula is C22H28FN3O5. The number of hydrogen-bond donors (Lipinski definition) is 1. The number of rotatable bonds is 6. The van der Waals surface area contributed by atoms with Gasteiger partial charge in [-0.05, 0) is 52.3 Å². The maximum atomic E-state index is 15.4. The Labute approximate surface area is 179 Å². The first-order valence-electron chi connectivity index (χ1n) is 10.5. The summed E-state index contributed by atoms with van der Waals surface area (Å²) in [6.07, 6.45) is 2.52. The molecule has 1 saturated carbocycles. The van der Waals surface area contributed by atoms with Crippen LogP contribution in [-0.2, 0) is 0 Å². The van der Waals surface area contributed by atoms with Crippen molar-refractivity contribution in [2.45, 2.75) is 38.3 Å². The number of carbonyl (C=O) groups is 1. The van der Waals surface area contributed by atoms with Gasteiger partial charge in [-0.25, -0.2) is 9.18 Å². The fraction of sp³-hybridized carbons (Fsp3) is 0.545. The summed E-state index contributed by atoms with van der Waals surface area (Å²) in [5, 5.41) is 9.04. The second-order valence-corrected chi connectivity index (χ2v) is 8.66. The lowest BCUT2D eigenvalue weighted by Gasteiger charge is -2.28. The Balaban J connectivity index is 1.87. The molecule has 4 rings (SSSR count). The van der Waals surface area contributed by atoms with Crippen LogP contribution in [0.3, 0.4) is 0 Å². The largest absolute Gasteiger partial charge is 0.511 e. The lowest BCUT2D eigenvalue weighted by molar-refractivity contribution is 0.143. The average molecular weight is 433 g/mol. The van der Waals surface area contributed by atoms with Crippen molar-refractivity contribution in [3.63, 3.8) is 0 Å². The Morgan fingerprint density at radius 1 is 1.32 bits per heavy atom. The molecule has 2 aliphatic rings. The molecule has 168 valence electrons. The third kappa shape index (κ3) is 3.82. The number of pyridine rings is 1. The van der Waals surface area contributed by atoms with Crippen LogP contribution in [0.5, 0.6) is 11.5 Å². The molecule has 2 fully saturated rings. The Bertz CT molecular complexity index is 1080. The van der Waals surface area contributed by atoms with Gasteiger partial charge in [-0.1, -0.05) is 0 Å². The molecule has 2 heterocycles. The molecule has 1 aromatic carbocycles. The molecule has 31 heavy (non-hydrogen) atoms. The molecule has 0 spiro atoms. The van der Waals surface area contributed by atoms with Crippen molar-refractivity contribution in [2.24, 2.45) is 5.92 Å². The smallest absolute Gasteiger partial charge is 0.492 e. The zero-order valence-electron chi connectivity index (χ0n) is 18.2. The average Bonchev–Trinajstić information content (AvgIpc) is 3.45. The van der Waals surface area contributed by atoms with E-state index in [2.05, 4.69) is 16.6 Å². The molecule has 1 aromatic heterocycles. The number of aromatic nitrogens is 1. The van der Waals surface area contributed by atoms with Gasteiger partial charge < -0.3 is 28.9 Å². The van der Waals surface area contributed by atoms with Crippen LogP contribution in [-0.4, -0.2) is 61.1 Å². The minimum atomic E-state index is -1.58. The van der Waals surface area contributed by atoms with E-state index in [4.69, 9.17) is 9.84 Å². The quantitative estimate of drug-likeness (QED) is 0.700. The summed E-state index contributed by atoms with van der Waals surface area (Å²) in [4.78, 5) is 28.1. The minimum Gasteiger partial charge on any atom is -0.492 e. The monoisotopic (exact) mass is 433 g/mol. The highest BCUT2D eigenvalue weighted by Gasteiger charge is 2.34. The van der Waals surface area contributed by atoms with Gasteiger partial charge >= 0.3 is 6.16 Å². The van der Waals surface area contributed by atoms with Crippen LogP contribution >= 0.6 is 0 Å². The maximum absolute atomic E-state index is 15.4. The standard InChI is InChI=1S/C22H28FN3O5/c1-12(24(2)3)13-7-8-25(10-13)19-16(23)9-15-18(21(19)30-4)26(14-5-6-14)11-17(20(15)27)31-22(28)29/h9,11-14H,5-8,10H2,1-4H3,(H,28,29)/t12-,13+/m1/s1. The summed E-state index contributed by atoms with van der Waals surface area (Å²) in [6.45, 7) is 3.54. The molecule has 2 aromatic rings. The second-order valence-electron chi connectivity index (χ2n) is 8.66. The predicted molar refractivity (Wildman–Crippen MR) is 115 cm³/mol. The summed E-state index contributed by atoms with van der Waals surface area (Å²) < 4.78 is 27.6. The highest BCUT2D eigenvalue weighted by atomic mass is 19.1. The molecule has 0 amide bonds. The number of carboxylic acid groups (broad SMARTS) is 1. The van der Waals surface area contributed by atoms with Crippen LogP contribution < -0.4 is 19.8 Å². The number of anilines is 1. The molecule has 1 saturated heterocycles. The fourth-order valence-electron chi connectivity index (χ4n) is 4.52. The number of ether oxygens (including phenoxy) is 2. The van der Waals surface area contributed by atoms with Crippen LogP contribution in [0.1, 0.15) is 32.2 Å². The Kier molecular flexibility index (Phi) is 5.55. The summed E-state index contributed by atoms with van der Waals surface area (Å²) >= 11 is 0. The third-order valence-electron chi connectivity index (χ3n) is 6.54. The van der Waals surface area contributed by atoms with Gasteiger partial charge in [0.2, 0.25) is 5.43 Å². The zero-order chi connectivity index (χ0) is 22.4. The van der Waals surface area contributed by atoms with Crippen molar-refractivity contribution >= 4 is 22.7 Å². The van der Waals surface area contributed by atoms with Crippen molar-refractivity contribution in [1.29, 1.82) is 0 Å². The van der Waals surface area contributed by atoms with Gasteiger partial charge in [0, 0.05) is 25.2 Å². The minimum absolute atomic E-state index is 0.0566. The fourth-order valence-corrected chi connectivity index (χ4v) is 4.52. The number of halogens is 1. The molecule has 1 aliphatic carbocycles. The zero-order valence-corrected chi connectivity index (χ0v) is 18.2.